The third-order valence-corrected chi connectivity index (χ3v) is 3.97. The predicted molar refractivity (Wildman–Crippen MR) is 107 cm³/mol. The molecular weight excluding hydrogens is 350 g/mol. The zero-order chi connectivity index (χ0) is 19.4. The average Bonchev–Trinajstić information content (AvgIpc) is 2.59. The standard InChI is InChI=1S/C19H29N3O3S/c1-4-5-6-7-8-9-17(23)20-19(26)22-21-18(24)13-25-16-11-10-14(2)12-15(16)3/h10-12H,4-9,13H2,1-3H3,(H,21,24)(H2,20,22,23,26). The van der Waals surface area contributed by atoms with Gasteiger partial charge in [0, 0.05) is 6.42 Å². The Morgan fingerprint density at radius 1 is 1.04 bits per heavy atom. The smallest absolute Gasteiger partial charge is 0.276 e. The van der Waals surface area contributed by atoms with Crippen LogP contribution >= 0.6 is 12.2 Å². The summed E-state index contributed by atoms with van der Waals surface area (Å²) < 4.78 is 5.47. The van der Waals surface area contributed by atoms with E-state index in [-0.39, 0.29) is 23.5 Å². The number of carbonyl (C=O) groups is 2. The number of unbranched alkanes of at least 4 members (excludes halogenated alkanes) is 4. The van der Waals surface area contributed by atoms with Crippen LogP contribution < -0.4 is 20.9 Å². The van der Waals surface area contributed by atoms with Crippen molar-refractivity contribution < 1.29 is 14.3 Å². The Balaban J connectivity index is 2.19. The molecule has 2 amide bonds. The van der Waals surface area contributed by atoms with Gasteiger partial charge >= 0.3 is 0 Å². The summed E-state index contributed by atoms with van der Waals surface area (Å²) in [6.45, 7) is 5.92. The number of ether oxygens (including phenoxy) is 1. The van der Waals surface area contributed by atoms with Crippen molar-refractivity contribution in [3.05, 3.63) is 29.3 Å². The van der Waals surface area contributed by atoms with E-state index in [0.717, 1.165) is 30.4 Å². The van der Waals surface area contributed by atoms with Crippen LogP contribution in [0.25, 0.3) is 0 Å². The summed E-state index contributed by atoms with van der Waals surface area (Å²) in [4.78, 5) is 23.5. The zero-order valence-corrected chi connectivity index (χ0v) is 16.6. The molecule has 0 aliphatic rings. The first-order chi connectivity index (χ1) is 12.4. The van der Waals surface area contributed by atoms with Crippen molar-refractivity contribution in [1.82, 2.24) is 16.2 Å². The Morgan fingerprint density at radius 2 is 1.77 bits per heavy atom. The van der Waals surface area contributed by atoms with E-state index in [1.54, 1.807) is 0 Å². The second-order valence-corrected chi connectivity index (χ2v) is 6.68. The molecule has 0 saturated heterocycles. The Labute approximate surface area is 161 Å². The number of hydrogen-bond acceptors (Lipinski definition) is 4. The molecule has 6 nitrogen and oxygen atoms in total. The van der Waals surface area contributed by atoms with Crippen LogP contribution in [0.2, 0.25) is 0 Å². The highest BCUT2D eigenvalue weighted by atomic mass is 32.1. The van der Waals surface area contributed by atoms with E-state index < -0.39 is 0 Å². The summed E-state index contributed by atoms with van der Waals surface area (Å²) in [5.41, 5.74) is 7.00. The normalized spacial score (nSPS) is 10.1. The lowest BCUT2D eigenvalue weighted by molar-refractivity contribution is -0.124. The Hall–Kier alpha value is -2.15. The van der Waals surface area contributed by atoms with Gasteiger partial charge in [0.2, 0.25) is 5.91 Å². The summed E-state index contributed by atoms with van der Waals surface area (Å²) in [7, 11) is 0. The van der Waals surface area contributed by atoms with E-state index in [9.17, 15) is 9.59 Å². The number of rotatable bonds is 9. The second kappa shape index (κ2) is 12.2. The van der Waals surface area contributed by atoms with Gasteiger partial charge in [-0.15, -0.1) is 0 Å². The quantitative estimate of drug-likeness (QED) is 0.349. The lowest BCUT2D eigenvalue weighted by atomic mass is 10.1. The summed E-state index contributed by atoms with van der Waals surface area (Å²) in [6.07, 6.45) is 5.81. The Bertz CT molecular complexity index is 620. The van der Waals surface area contributed by atoms with Crippen LogP contribution in [0.3, 0.4) is 0 Å². The predicted octanol–water partition coefficient (Wildman–Crippen LogP) is 3.06. The molecular formula is C19H29N3O3S. The van der Waals surface area contributed by atoms with Gasteiger partial charge < -0.3 is 10.1 Å². The highest BCUT2D eigenvalue weighted by molar-refractivity contribution is 7.80. The molecule has 0 spiro atoms. The maximum Gasteiger partial charge on any atom is 0.276 e. The van der Waals surface area contributed by atoms with Crippen LogP contribution in [-0.4, -0.2) is 23.5 Å². The molecule has 0 aromatic heterocycles. The van der Waals surface area contributed by atoms with Crippen molar-refractivity contribution in [2.24, 2.45) is 0 Å². The zero-order valence-electron chi connectivity index (χ0n) is 15.8. The Morgan fingerprint density at radius 3 is 2.46 bits per heavy atom. The molecule has 0 unspecified atom stereocenters. The van der Waals surface area contributed by atoms with Crippen LogP contribution in [0.15, 0.2) is 18.2 Å². The van der Waals surface area contributed by atoms with Gasteiger partial charge in [0.05, 0.1) is 0 Å². The molecule has 1 aromatic rings. The van der Waals surface area contributed by atoms with Crippen LogP contribution in [0.1, 0.15) is 56.6 Å². The Kier molecular flexibility index (Phi) is 10.3. The number of hydrogen-bond donors (Lipinski definition) is 3. The molecule has 1 aromatic carbocycles. The molecule has 0 fully saturated rings. The number of aryl methyl sites for hydroxylation is 2. The first kappa shape index (κ1) is 21.9. The third kappa shape index (κ3) is 9.36. The summed E-state index contributed by atoms with van der Waals surface area (Å²) in [5.74, 6) is 0.116. The lowest BCUT2D eigenvalue weighted by Crippen LogP contribution is -2.49. The topological polar surface area (TPSA) is 79.5 Å². The maximum absolute atomic E-state index is 11.8. The number of nitrogens with one attached hydrogen (secondary N) is 3. The average molecular weight is 380 g/mol. The molecule has 0 radical (unpaired) electrons. The number of amides is 2. The first-order valence-electron chi connectivity index (χ1n) is 9.01. The van der Waals surface area contributed by atoms with E-state index in [4.69, 9.17) is 17.0 Å². The number of hydrazine groups is 1. The minimum Gasteiger partial charge on any atom is -0.483 e. The molecule has 7 heteroatoms. The molecule has 0 aliphatic carbocycles. The number of benzene rings is 1. The molecule has 144 valence electrons. The van der Waals surface area contributed by atoms with Gasteiger partial charge in [0.1, 0.15) is 5.75 Å². The maximum atomic E-state index is 11.8. The molecule has 1 rings (SSSR count). The summed E-state index contributed by atoms with van der Waals surface area (Å²) >= 11 is 4.98. The number of carbonyl (C=O) groups excluding carboxylic acids is 2. The summed E-state index contributed by atoms with van der Waals surface area (Å²) in [5, 5.41) is 2.61. The third-order valence-electron chi connectivity index (χ3n) is 3.76. The molecule has 0 bridgehead atoms. The first-order valence-corrected chi connectivity index (χ1v) is 9.42. The van der Waals surface area contributed by atoms with E-state index in [1.165, 1.54) is 12.8 Å². The molecule has 0 aliphatic heterocycles. The van der Waals surface area contributed by atoms with Gasteiger partial charge in [-0.05, 0) is 44.1 Å². The van der Waals surface area contributed by atoms with Crippen molar-refractivity contribution in [2.45, 2.75) is 59.3 Å². The van der Waals surface area contributed by atoms with Gasteiger partial charge in [-0.2, -0.15) is 0 Å². The van der Waals surface area contributed by atoms with Crippen molar-refractivity contribution in [1.29, 1.82) is 0 Å². The van der Waals surface area contributed by atoms with Crippen LogP contribution in [0, 0.1) is 13.8 Å². The van der Waals surface area contributed by atoms with Crippen molar-refractivity contribution in [3.63, 3.8) is 0 Å². The molecule has 0 saturated carbocycles. The fourth-order valence-corrected chi connectivity index (χ4v) is 2.54. The van der Waals surface area contributed by atoms with E-state index in [1.807, 2.05) is 32.0 Å². The molecule has 3 N–H and O–H groups in total. The van der Waals surface area contributed by atoms with Crippen LogP contribution in [-0.2, 0) is 9.59 Å². The van der Waals surface area contributed by atoms with E-state index >= 15 is 0 Å². The fraction of sp³-hybridized carbons (Fsp3) is 0.526. The van der Waals surface area contributed by atoms with Crippen molar-refractivity contribution in [2.75, 3.05) is 6.61 Å². The largest absolute Gasteiger partial charge is 0.483 e. The second-order valence-electron chi connectivity index (χ2n) is 6.27. The molecule has 26 heavy (non-hydrogen) atoms. The monoisotopic (exact) mass is 379 g/mol. The van der Waals surface area contributed by atoms with E-state index in [0.29, 0.717) is 12.2 Å². The highest BCUT2D eigenvalue weighted by Gasteiger charge is 2.07. The van der Waals surface area contributed by atoms with Gasteiger partial charge in [-0.3, -0.25) is 20.4 Å². The van der Waals surface area contributed by atoms with Gasteiger partial charge in [0.25, 0.3) is 5.91 Å². The molecule has 0 heterocycles. The van der Waals surface area contributed by atoms with Crippen molar-refractivity contribution >= 4 is 29.1 Å². The minimum atomic E-state index is -0.388. The molecule has 0 atom stereocenters. The fourth-order valence-electron chi connectivity index (χ4n) is 2.38. The van der Waals surface area contributed by atoms with Gasteiger partial charge in [-0.25, -0.2) is 0 Å². The van der Waals surface area contributed by atoms with Crippen LogP contribution in [0.4, 0.5) is 0 Å². The van der Waals surface area contributed by atoms with Crippen molar-refractivity contribution in [3.8, 4) is 5.75 Å². The van der Waals surface area contributed by atoms with Gasteiger partial charge in [-0.1, -0.05) is 50.3 Å². The van der Waals surface area contributed by atoms with Gasteiger partial charge in [0.15, 0.2) is 11.7 Å². The highest BCUT2D eigenvalue weighted by Crippen LogP contribution is 2.18. The van der Waals surface area contributed by atoms with Crippen LogP contribution in [0.5, 0.6) is 5.75 Å². The lowest BCUT2D eigenvalue weighted by Gasteiger charge is -2.12. The number of thiocarbonyl (C=S) groups is 1. The SMILES string of the molecule is CCCCCCCC(=O)NC(=S)NNC(=O)COc1ccc(C)cc1C. The minimum absolute atomic E-state index is 0.0726. The van der Waals surface area contributed by atoms with E-state index in [2.05, 4.69) is 23.1 Å². The summed E-state index contributed by atoms with van der Waals surface area (Å²) in [6, 6.07) is 5.74.